The van der Waals surface area contributed by atoms with Crippen LogP contribution in [0.15, 0.2) is 64.4 Å². The summed E-state index contributed by atoms with van der Waals surface area (Å²) in [5.74, 6) is 0.194. The number of halogens is 1. The van der Waals surface area contributed by atoms with Gasteiger partial charge in [0, 0.05) is 4.90 Å². The zero-order valence-corrected chi connectivity index (χ0v) is 10.1. The Morgan fingerprint density at radius 3 is 2.06 bits per heavy atom. The first-order chi connectivity index (χ1) is 7.29. The van der Waals surface area contributed by atoms with E-state index in [1.54, 1.807) is 18.2 Å². The normalized spacial score (nSPS) is 11.5. The van der Waals surface area contributed by atoms with Crippen LogP contribution in [-0.2, 0) is 10.7 Å². The second-order valence-electron chi connectivity index (χ2n) is 3.09. The zero-order chi connectivity index (χ0) is 10.7. The Balaban J connectivity index is 0.00000128. The molecule has 1 unspecified atom stereocenters. The molecule has 1 atom stereocenters. The highest BCUT2D eigenvalue weighted by Crippen LogP contribution is 2.24. The van der Waals surface area contributed by atoms with Gasteiger partial charge in [0.25, 0.3) is 0 Å². The molecule has 0 aliphatic carbocycles. The summed E-state index contributed by atoms with van der Waals surface area (Å²) in [4.78, 5) is 1.59. The summed E-state index contributed by atoms with van der Waals surface area (Å²) in [6.07, 6.45) is 0. The molecule has 0 aromatic heterocycles. The lowest BCUT2D eigenvalue weighted by atomic mass is 10.3. The highest BCUT2D eigenvalue weighted by molar-refractivity contribution is 7.86. The first kappa shape index (κ1) is 12.7. The van der Waals surface area contributed by atoms with Crippen molar-refractivity contribution in [2.75, 3.05) is 0 Å². The van der Waals surface area contributed by atoms with Crippen LogP contribution in [0.5, 0.6) is 5.75 Å². The van der Waals surface area contributed by atoms with Crippen LogP contribution in [0.4, 0.5) is 0 Å². The Labute approximate surface area is 103 Å². The molecule has 2 nitrogen and oxygen atoms in total. The number of hydrogen-bond acceptors (Lipinski definition) is 2. The Bertz CT molecular complexity index is 487. The third kappa shape index (κ3) is 2.62. The minimum atomic E-state index is -0.808. The van der Waals surface area contributed by atoms with E-state index < -0.39 is 10.7 Å². The third-order valence-corrected chi connectivity index (χ3v) is 3.59. The van der Waals surface area contributed by atoms with Crippen molar-refractivity contribution >= 4 is 23.1 Å². The number of aromatic hydroxyl groups is 1. The van der Waals surface area contributed by atoms with Gasteiger partial charge in [0.2, 0.25) is 0 Å². The number of benzene rings is 2. The van der Waals surface area contributed by atoms with Gasteiger partial charge in [-0.05, 0) is 35.0 Å². The van der Waals surface area contributed by atoms with Crippen LogP contribution in [0.1, 0.15) is 0 Å². The van der Waals surface area contributed by atoms with Crippen LogP contribution in [0, 0.1) is 4.78 Å². The van der Waals surface area contributed by atoms with Crippen molar-refractivity contribution in [3.8, 4) is 5.75 Å². The third-order valence-electron chi connectivity index (χ3n) is 2.06. The van der Waals surface area contributed by atoms with Gasteiger partial charge in [-0.25, -0.2) is 0 Å². The van der Waals surface area contributed by atoms with Gasteiger partial charge in [-0.1, -0.05) is 30.3 Å². The van der Waals surface area contributed by atoms with Gasteiger partial charge in [-0.2, -0.15) is 0 Å². The number of rotatable bonds is 2. The van der Waals surface area contributed by atoms with Crippen LogP contribution in [0.25, 0.3) is 0 Å². The van der Waals surface area contributed by atoms with Gasteiger partial charge in [0.1, 0.15) is 5.75 Å². The maximum atomic E-state index is 9.63. The molecule has 0 radical (unpaired) electrons. The minimum absolute atomic E-state index is 0. The molecule has 2 aromatic rings. The SMILES string of the molecule is Cl.N=S(c1ccccc1)c1ccccc1O. The zero-order valence-electron chi connectivity index (χ0n) is 8.46. The van der Waals surface area contributed by atoms with Gasteiger partial charge in [0.05, 0.1) is 4.90 Å². The smallest absolute Gasteiger partial charge is 0.130 e. The van der Waals surface area contributed by atoms with Crippen molar-refractivity contribution in [1.82, 2.24) is 0 Å². The summed E-state index contributed by atoms with van der Waals surface area (Å²) in [6, 6.07) is 16.6. The summed E-state index contributed by atoms with van der Waals surface area (Å²) in [7, 11) is -0.808. The largest absolute Gasteiger partial charge is 0.507 e. The van der Waals surface area contributed by atoms with Gasteiger partial charge in [-0.15, -0.1) is 12.4 Å². The molecule has 2 aromatic carbocycles. The molecule has 2 rings (SSSR count). The molecule has 4 heteroatoms. The first-order valence-corrected chi connectivity index (χ1v) is 5.80. The molecule has 16 heavy (non-hydrogen) atoms. The van der Waals surface area contributed by atoms with E-state index in [9.17, 15) is 5.11 Å². The molecule has 0 saturated carbocycles. The molecule has 0 aliphatic heterocycles. The Morgan fingerprint density at radius 1 is 0.875 bits per heavy atom. The number of hydrogen-bond donors (Lipinski definition) is 2. The van der Waals surface area contributed by atoms with Crippen molar-refractivity contribution in [3.05, 3.63) is 54.6 Å². The molecule has 0 heterocycles. The minimum Gasteiger partial charge on any atom is -0.507 e. The first-order valence-electron chi connectivity index (χ1n) is 4.57. The highest BCUT2D eigenvalue weighted by atomic mass is 35.5. The molecule has 2 N–H and O–H groups in total. The van der Waals surface area contributed by atoms with E-state index in [2.05, 4.69) is 0 Å². The highest BCUT2D eigenvalue weighted by Gasteiger charge is 2.06. The summed E-state index contributed by atoms with van der Waals surface area (Å²) >= 11 is 0. The average Bonchev–Trinajstić information content (AvgIpc) is 2.30. The Kier molecular flexibility index (Phi) is 4.52. The van der Waals surface area contributed by atoms with E-state index in [1.165, 1.54) is 0 Å². The predicted octanol–water partition coefficient (Wildman–Crippen LogP) is 3.61. The van der Waals surface area contributed by atoms with Crippen molar-refractivity contribution in [3.63, 3.8) is 0 Å². The van der Waals surface area contributed by atoms with Crippen LogP contribution >= 0.6 is 12.4 Å². The molecule has 0 amide bonds. The number of para-hydroxylation sites is 1. The van der Waals surface area contributed by atoms with Gasteiger partial charge >= 0.3 is 0 Å². The molecule has 0 aliphatic rings. The number of nitrogens with one attached hydrogen (secondary N) is 1. The summed E-state index contributed by atoms with van der Waals surface area (Å²) < 4.78 is 8.06. The Morgan fingerprint density at radius 2 is 1.44 bits per heavy atom. The standard InChI is InChI=1S/C12H11NOS.ClH/c13-15(10-6-2-1-3-7-10)12-9-5-4-8-11(12)14;/h1-9,13-14H;1H. The van der Waals surface area contributed by atoms with Crippen LogP contribution in [-0.4, -0.2) is 5.11 Å². The molecule has 0 bridgehead atoms. The lowest BCUT2D eigenvalue weighted by molar-refractivity contribution is 0.462. The van der Waals surface area contributed by atoms with E-state index in [4.69, 9.17) is 4.78 Å². The summed E-state index contributed by atoms with van der Waals surface area (Å²) in [5, 5.41) is 9.63. The van der Waals surface area contributed by atoms with E-state index in [-0.39, 0.29) is 18.2 Å². The molecular formula is C12H12ClNOS. The predicted molar refractivity (Wildman–Crippen MR) is 68.4 cm³/mol. The fourth-order valence-electron chi connectivity index (χ4n) is 1.31. The van der Waals surface area contributed by atoms with Crippen LogP contribution < -0.4 is 0 Å². The fourth-order valence-corrected chi connectivity index (χ4v) is 2.49. The lowest BCUT2D eigenvalue weighted by Crippen LogP contribution is -1.90. The maximum absolute atomic E-state index is 9.63. The van der Waals surface area contributed by atoms with Crippen molar-refractivity contribution in [2.24, 2.45) is 0 Å². The van der Waals surface area contributed by atoms with E-state index in [1.807, 2.05) is 36.4 Å². The van der Waals surface area contributed by atoms with E-state index >= 15 is 0 Å². The molecule has 0 spiro atoms. The molecular weight excluding hydrogens is 242 g/mol. The summed E-state index contributed by atoms with van der Waals surface area (Å²) in [5.41, 5.74) is 0. The van der Waals surface area contributed by atoms with Crippen molar-refractivity contribution in [2.45, 2.75) is 9.79 Å². The second kappa shape index (κ2) is 5.68. The van der Waals surface area contributed by atoms with Crippen molar-refractivity contribution in [1.29, 1.82) is 4.78 Å². The van der Waals surface area contributed by atoms with E-state index in [0.29, 0.717) is 4.90 Å². The van der Waals surface area contributed by atoms with Crippen LogP contribution in [0.2, 0.25) is 0 Å². The fraction of sp³-hybridized carbons (Fsp3) is 0. The van der Waals surface area contributed by atoms with Crippen LogP contribution in [0.3, 0.4) is 0 Å². The average molecular weight is 254 g/mol. The monoisotopic (exact) mass is 253 g/mol. The Hall–Kier alpha value is -1.32. The molecule has 84 valence electrons. The topological polar surface area (TPSA) is 44.1 Å². The van der Waals surface area contributed by atoms with Gasteiger partial charge < -0.3 is 5.11 Å². The number of phenolic OH excluding ortho intramolecular Hbond substituents is 1. The van der Waals surface area contributed by atoms with Gasteiger partial charge in [-0.3, -0.25) is 4.78 Å². The quantitative estimate of drug-likeness (QED) is 0.844. The maximum Gasteiger partial charge on any atom is 0.130 e. The molecule has 0 saturated heterocycles. The second-order valence-corrected chi connectivity index (χ2v) is 4.61. The van der Waals surface area contributed by atoms with E-state index in [0.717, 1.165) is 4.90 Å². The van der Waals surface area contributed by atoms with Gasteiger partial charge in [0.15, 0.2) is 0 Å². The number of phenols is 1. The lowest BCUT2D eigenvalue weighted by Gasteiger charge is -2.07. The van der Waals surface area contributed by atoms with Crippen molar-refractivity contribution < 1.29 is 5.11 Å². The molecule has 0 fully saturated rings. The summed E-state index contributed by atoms with van der Waals surface area (Å²) in [6.45, 7) is 0.